The van der Waals surface area contributed by atoms with Gasteiger partial charge in [0.15, 0.2) is 0 Å². The Morgan fingerprint density at radius 2 is 2.24 bits per heavy atom. The lowest BCUT2D eigenvalue weighted by atomic mass is 9.99. The molecule has 0 aliphatic carbocycles. The van der Waals surface area contributed by atoms with E-state index in [4.69, 9.17) is 10.4 Å². The van der Waals surface area contributed by atoms with Gasteiger partial charge in [0.1, 0.15) is 6.07 Å². The number of halogens is 1. The van der Waals surface area contributed by atoms with Crippen molar-refractivity contribution in [1.29, 1.82) is 5.26 Å². The van der Waals surface area contributed by atoms with E-state index in [9.17, 15) is 9.59 Å². The van der Waals surface area contributed by atoms with Gasteiger partial charge >= 0.3 is 12.0 Å². The van der Waals surface area contributed by atoms with Crippen LogP contribution < -0.4 is 5.32 Å². The number of hydrogen-bond acceptors (Lipinski definition) is 3. The maximum atomic E-state index is 12.2. The summed E-state index contributed by atoms with van der Waals surface area (Å²) in [5.41, 5.74) is 0.771. The summed E-state index contributed by atoms with van der Waals surface area (Å²) in [6.07, 6.45) is 1.24. The lowest BCUT2D eigenvalue weighted by Crippen LogP contribution is -2.44. The predicted octanol–water partition coefficient (Wildman–Crippen LogP) is 2.65. The molecule has 2 rings (SSSR count). The van der Waals surface area contributed by atoms with E-state index in [1.54, 1.807) is 18.2 Å². The Bertz CT molecular complexity index is 612. The van der Waals surface area contributed by atoms with E-state index < -0.39 is 11.9 Å². The molecule has 0 radical (unpaired) electrons. The highest BCUT2D eigenvalue weighted by molar-refractivity contribution is 9.10. The van der Waals surface area contributed by atoms with E-state index in [-0.39, 0.29) is 12.6 Å². The van der Waals surface area contributed by atoms with Crippen molar-refractivity contribution in [1.82, 2.24) is 4.90 Å². The average molecular weight is 352 g/mol. The highest BCUT2D eigenvalue weighted by atomic mass is 79.9. The molecule has 1 fully saturated rings. The van der Waals surface area contributed by atoms with Crippen LogP contribution in [0.1, 0.15) is 18.4 Å². The predicted molar refractivity (Wildman–Crippen MR) is 79.8 cm³/mol. The van der Waals surface area contributed by atoms with E-state index in [1.165, 1.54) is 4.90 Å². The number of piperidine rings is 1. The largest absolute Gasteiger partial charge is 0.481 e. The van der Waals surface area contributed by atoms with Gasteiger partial charge in [0.05, 0.1) is 17.2 Å². The number of nitrogens with one attached hydrogen (secondary N) is 1. The van der Waals surface area contributed by atoms with Crippen LogP contribution in [0, 0.1) is 17.2 Å². The van der Waals surface area contributed by atoms with Crippen molar-refractivity contribution in [2.24, 2.45) is 5.92 Å². The molecular formula is C14H14BrN3O3. The zero-order chi connectivity index (χ0) is 15.4. The maximum Gasteiger partial charge on any atom is 0.321 e. The smallest absolute Gasteiger partial charge is 0.321 e. The number of urea groups is 1. The van der Waals surface area contributed by atoms with Crippen LogP contribution >= 0.6 is 15.9 Å². The number of aliphatic carboxylic acids is 1. The minimum Gasteiger partial charge on any atom is -0.481 e. The summed E-state index contributed by atoms with van der Waals surface area (Å²) in [6, 6.07) is 6.60. The summed E-state index contributed by atoms with van der Waals surface area (Å²) in [5, 5.41) is 20.8. The molecule has 0 saturated carbocycles. The number of rotatable bonds is 2. The van der Waals surface area contributed by atoms with Crippen molar-refractivity contribution in [2.75, 3.05) is 18.4 Å². The van der Waals surface area contributed by atoms with Gasteiger partial charge in [-0.05, 0) is 31.0 Å². The zero-order valence-electron chi connectivity index (χ0n) is 11.2. The summed E-state index contributed by atoms with van der Waals surface area (Å²) in [6.45, 7) is 0.711. The summed E-state index contributed by atoms with van der Waals surface area (Å²) in [7, 11) is 0. The normalized spacial score (nSPS) is 17.9. The molecule has 21 heavy (non-hydrogen) atoms. The number of likely N-dealkylation sites (tertiary alicyclic amines) is 1. The first kappa shape index (κ1) is 15.3. The molecule has 0 unspecified atom stereocenters. The molecule has 6 nitrogen and oxygen atoms in total. The molecule has 110 valence electrons. The van der Waals surface area contributed by atoms with Crippen LogP contribution in [0.5, 0.6) is 0 Å². The zero-order valence-corrected chi connectivity index (χ0v) is 12.8. The number of carboxylic acid groups (broad SMARTS) is 1. The molecular weight excluding hydrogens is 338 g/mol. The average Bonchev–Trinajstić information content (AvgIpc) is 2.47. The minimum absolute atomic E-state index is 0.192. The number of carboxylic acids is 1. The standard InChI is InChI=1S/C14H14BrN3O3/c15-11-4-3-9(7-16)12(6-11)17-14(21)18-5-1-2-10(8-18)13(19)20/h3-4,6,10H,1-2,5,8H2,(H,17,21)(H,19,20)/t10-/m0/s1. The van der Waals surface area contributed by atoms with Crippen LogP contribution in [0.4, 0.5) is 10.5 Å². The van der Waals surface area contributed by atoms with Gasteiger partial charge in [-0.25, -0.2) is 4.79 Å². The lowest BCUT2D eigenvalue weighted by Gasteiger charge is -2.30. The third-order valence-corrected chi connectivity index (χ3v) is 3.89. The van der Waals surface area contributed by atoms with Crippen LogP contribution in [0.2, 0.25) is 0 Å². The van der Waals surface area contributed by atoms with Crippen LogP contribution in [0.25, 0.3) is 0 Å². The first-order valence-electron chi connectivity index (χ1n) is 6.49. The molecule has 1 aromatic carbocycles. The van der Waals surface area contributed by atoms with Crippen molar-refractivity contribution in [3.8, 4) is 6.07 Å². The first-order valence-corrected chi connectivity index (χ1v) is 7.29. The highest BCUT2D eigenvalue weighted by Gasteiger charge is 2.28. The van der Waals surface area contributed by atoms with Crippen LogP contribution in [-0.4, -0.2) is 35.1 Å². The van der Waals surface area contributed by atoms with Gasteiger partial charge in [-0.1, -0.05) is 15.9 Å². The fourth-order valence-corrected chi connectivity index (χ4v) is 2.64. The van der Waals surface area contributed by atoms with Gasteiger partial charge < -0.3 is 15.3 Å². The van der Waals surface area contributed by atoms with Crippen molar-refractivity contribution in [3.63, 3.8) is 0 Å². The Balaban J connectivity index is 2.09. The van der Waals surface area contributed by atoms with E-state index in [2.05, 4.69) is 21.2 Å². The second-order valence-corrected chi connectivity index (χ2v) is 5.77. The fraction of sp³-hybridized carbons (Fsp3) is 0.357. The van der Waals surface area contributed by atoms with Crippen molar-refractivity contribution in [3.05, 3.63) is 28.2 Å². The molecule has 1 aliphatic rings. The minimum atomic E-state index is -0.882. The first-order chi connectivity index (χ1) is 10.0. The molecule has 1 heterocycles. The number of benzene rings is 1. The van der Waals surface area contributed by atoms with Crippen LogP contribution in [0.15, 0.2) is 22.7 Å². The van der Waals surface area contributed by atoms with Crippen molar-refractivity contribution in [2.45, 2.75) is 12.8 Å². The molecule has 1 atom stereocenters. The molecule has 2 amide bonds. The van der Waals surface area contributed by atoms with E-state index in [1.807, 2.05) is 6.07 Å². The summed E-state index contributed by atoms with van der Waals surface area (Å²) in [5.74, 6) is -1.41. The lowest BCUT2D eigenvalue weighted by molar-refractivity contribution is -0.143. The van der Waals surface area contributed by atoms with E-state index >= 15 is 0 Å². The highest BCUT2D eigenvalue weighted by Crippen LogP contribution is 2.22. The van der Waals surface area contributed by atoms with Crippen LogP contribution in [0.3, 0.4) is 0 Å². The number of nitrogens with zero attached hydrogens (tertiary/aromatic N) is 2. The number of amides is 2. The second-order valence-electron chi connectivity index (χ2n) is 4.86. The number of carbonyl (C=O) groups excluding carboxylic acids is 1. The molecule has 1 saturated heterocycles. The number of carbonyl (C=O) groups is 2. The Labute approximate surface area is 130 Å². The van der Waals surface area contributed by atoms with Gasteiger partial charge in [-0.15, -0.1) is 0 Å². The van der Waals surface area contributed by atoms with Gasteiger partial charge in [-0.3, -0.25) is 4.79 Å². The molecule has 1 aliphatic heterocycles. The second kappa shape index (κ2) is 6.59. The SMILES string of the molecule is N#Cc1ccc(Br)cc1NC(=O)N1CCC[C@H](C(=O)O)C1. The third-order valence-electron chi connectivity index (χ3n) is 3.40. The molecule has 1 aromatic rings. The Hall–Kier alpha value is -2.07. The third kappa shape index (κ3) is 3.73. The Morgan fingerprint density at radius 3 is 2.90 bits per heavy atom. The molecule has 0 spiro atoms. The Kier molecular flexibility index (Phi) is 4.81. The number of hydrogen-bond donors (Lipinski definition) is 2. The summed E-state index contributed by atoms with van der Waals surface area (Å²) >= 11 is 3.29. The van der Waals surface area contributed by atoms with Crippen molar-refractivity contribution >= 4 is 33.6 Å². The van der Waals surface area contributed by atoms with Gasteiger partial charge in [0.25, 0.3) is 0 Å². The van der Waals surface area contributed by atoms with E-state index in [0.717, 1.165) is 4.47 Å². The van der Waals surface area contributed by atoms with Gasteiger partial charge in [-0.2, -0.15) is 5.26 Å². The maximum absolute atomic E-state index is 12.2. The summed E-state index contributed by atoms with van der Waals surface area (Å²) < 4.78 is 0.749. The van der Waals surface area contributed by atoms with Gasteiger partial charge in [0.2, 0.25) is 0 Å². The number of nitriles is 1. The number of anilines is 1. The fourth-order valence-electron chi connectivity index (χ4n) is 2.27. The van der Waals surface area contributed by atoms with Gasteiger partial charge in [0, 0.05) is 17.6 Å². The molecule has 7 heteroatoms. The monoisotopic (exact) mass is 351 g/mol. The van der Waals surface area contributed by atoms with Crippen molar-refractivity contribution < 1.29 is 14.7 Å². The molecule has 2 N–H and O–H groups in total. The quantitative estimate of drug-likeness (QED) is 0.856. The van der Waals surface area contributed by atoms with Crippen LogP contribution in [-0.2, 0) is 4.79 Å². The Morgan fingerprint density at radius 1 is 1.48 bits per heavy atom. The molecule has 0 bridgehead atoms. The van der Waals surface area contributed by atoms with E-state index in [0.29, 0.717) is 30.6 Å². The summed E-state index contributed by atoms with van der Waals surface area (Å²) in [4.78, 5) is 24.7. The molecule has 0 aromatic heterocycles. The topological polar surface area (TPSA) is 93.4 Å².